The van der Waals surface area contributed by atoms with E-state index in [4.69, 9.17) is 0 Å². The van der Waals surface area contributed by atoms with Gasteiger partial charge in [0.2, 0.25) is 0 Å². The Morgan fingerprint density at radius 3 is 3.08 bits per heavy atom. The van der Waals surface area contributed by atoms with Crippen molar-refractivity contribution in [2.75, 3.05) is 0 Å². The van der Waals surface area contributed by atoms with Gasteiger partial charge in [-0.3, -0.25) is 9.89 Å². The molecule has 0 atom stereocenters. The molecule has 1 aliphatic rings. The van der Waals surface area contributed by atoms with Gasteiger partial charge in [0.25, 0.3) is 0 Å². The number of carbonyl (C=O) groups is 1. The highest BCUT2D eigenvalue weighted by molar-refractivity contribution is 6.21. The van der Waals surface area contributed by atoms with Gasteiger partial charge < -0.3 is 0 Å². The number of nitrogens with zero attached hydrogens (tertiary/aromatic N) is 2. The Morgan fingerprint density at radius 1 is 1.50 bits per heavy atom. The minimum Gasteiger partial charge on any atom is -0.294 e. The maximum atomic E-state index is 11.3. The molecule has 0 radical (unpaired) electrons. The Balaban J connectivity index is 2.40. The van der Waals surface area contributed by atoms with E-state index in [0.717, 1.165) is 0 Å². The van der Waals surface area contributed by atoms with Crippen molar-refractivity contribution < 1.29 is 4.79 Å². The van der Waals surface area contributed by atoms with Crippen LogP contribution in [0.2, 0.25) is 0 Å². The molecule has 4 heteroatoms. The Hall–Kier alpha value is -1.71. The molecule has 0 fully saturated rings. The molecule has 0 bridgehead atoms. The SMILES string of the molecule is O=C1CC=CC=C1c1c[nH]nn1. The molecule has 12 heavy (non-hydrogen) atoms. The van der Waals surface area contributed by atoms with Crippen molar-refractivity contribution in [3.8, 4) is 0 Å². The van der Waals surface area contributed by atoms with Crippen LogP contribution in [0.25, 0.3) is 5.57 Å². The summed E-state index contributed by atoms with van der Waals surface area (Å²) in [5.41, 5.74) is 1.25. The lowest BCUT2D eigenvalue weighted by Gasteiger charge is -2.02. The van der Waals surface area contributed by atoms with E-state index in [0.29, 0.717) is 17.7 Å². The fraction of sp³-hybridized carbons (Fsp3) is 0.125. The quantitative estimate of drug-likeness (QED) is 0.660. The van der Waals surface area contributed by atoms with Crippen LogP contribution in [0.1, 0.15) is 12.1 Å². The zero-order valence-corrected chi connectivity index (χ0v) is 6.32. The van der Waals surface area contributed by atoms with Gasteiger partial charge in [-0.2, -0.15) is 0 Å². The zero-order valence-electron chi connectivity index (χ0n) is 6.32. The van der Waals surface area contributed by atoms with Gasteiger partial charge in [-0.25, -0.2) is 0 Å². The third-order valence-electron chi connectivity index (χ3n) is 1.70. The Kier molecular flexibility index (Phi) is 1.59. The van der Waals surface area contributed by atoms with Gasteiger partial charge in [0, 0.05) is 12.0 Å². The standard InChI is InChI=1S/C8H7N3O/c12-8-4-2-1-3-6(8)7-5-9-11-10-7/h1-3,5H,4H2,(H,9,10,11). The van der Waals surface area contributed by atoms with Crippen molar-refractivity contribution in [1.82, 2.24) is 15.4 Å². The number of allylic oxidation sites excluding steroid dienone is 4. The van der Waals surface area contributed by atoms with Crippen LogP contribution < -0.4 is 0 Å². The third-order valence-corrected chi connectivity index (χ3v) is 1.70. The smallest absolute Gasteiger partial charge is 0.168 e. The fourth-order valence-corrected chi connectivity index (χ4v) is 1.10. The lowest BCUT2D eigenvalue weighted by molar-refractivity contribution is -0.113. The molecule has 4 nitrogen and oxygen atoms in total. The van der Waals surface area contributed by atoms with Gasteiger partial charge in [-0.15, -0.1) is 5.10 Å². The number of hydrogen-bond acceptors (Lipinski definition) is 3. The van der Waals surface area contributed by atoms with Crippen molar-refractivity contribution in [3.63, 3.8) is 0 Å². The highest BCUT2D eigenvalue weighted by atomic mass is 16.1. The molecular formula is C8H7N3O. The molecule has 1 N–H and O–H groups in total. The Labute approximate surface area is 69.0 Å². The van der Waals surface area contributed by atoms with E-state index in [1.165, 1.54) is 0 Å². The lowest BCUT2D eigenvalue weighted by Crippen LogP contribution is -2.03. The number of ketones is 1. The molecule has 1 heterocycles. The second-order valence-electron chi connectivity index (χ2n) is 2.49. The molecule has 0 saturated heterocycles. The zero-order chi connectivity index (χ0) is 8.39. The van der Waals surface area contributed by atoms with Crippen LogP contribution in [-0.4, -0.2) is 21.2 Å². The number of aromatic amines is 1. The second-order valence-corrected chi connectivity index (χ2v) is 2.49. The number of H-pyrrole nitrogens is 1. The summed E-state index contributed by atoms with van der Waals surface area (Å²) in [6, 6.07) is 0. The number of Topliss-reactive ketones (excluding diaryl/α,β-unsaturated/α-hetero) is 1. The van der Waals surface area contributed by atoms with Crippen LogP contribution in [0.15, 0.2) is 24.4 Å². The summed E-state index contributed by atoms with van der Waals surface area (Å²) in [6.07, 6.45) is 7.50. The van der Waals surface area contributed by atoms with Crippen LogP contribution in [0.4, 0.5) is 0 Å². The molecule has 0 saturated carbocycles. The Morgan fingerprint density at radius 2 is 2.42 bits per heavy atom. The fourth-order valence-electron chi connectivity index (χ4n) is 1.10. The maximum Gasteiger partial charge on any atom is 0.168 e. The molecule has 0 aliphatic heterocycles. The van der Waals surface area contributed by atoms with E-state index in [1.54, 1.807) is 12.3 Å². The monoisotopic (exact) mass is 161 g/mol. The highest BCUT2D eigenvalue weighted by Gasteiger charge is 2.14. The van der Waals surface area contributed by atoms with Gasteiger partial charge in [0.15, 0.2) is 5.78 Å². The summed E-state index contributed by atoms with van der Waals surface area (Å²) in [5.74, 6) is 0.0893. The second kappa shape index (κ2) is 2.73. The lowest BCUT2D eigenvalue weighted by atomic mass is 10.0. The predicted molar refractivity (Wildman–Crippen MR) is 43.1 cm³/mol. The minimum absolute atomic E-state index is 0.0893. The van der Waals surface area contributed by atoms with Gasteiger partial charge in [0.1, 0.15) is 5.69 Å². The summed E-state index contributed by atoms with van der Waals surface area (Å²) in [5, 5.41) is 9.87. The van der Waals surface area contributed by atoms with Gasteiger partial charge >= 0.3 is 0 Å². The van der Waals surface area contributed by atoms with Crippen LogP contribution >= 0.6 is 0 Å². The summed E-state index contributed by atoms with van der Waals surface area (Å²) in [7, 11) is 0. The van der Waals surface area contributed by atoms with Gasteiger partial charge in [-0.05, 0) is 6.08 Å². The maximum absolute atomic E-state index is 11.3. The third kappa shape index (κ3) is 1.07. The molecule has 0 unspecified atom stereocenters. The first-order valence-corrected chi connectivity index (χ1v) is 3.65. The largest absolute Gasteiger partial charge is 0.294 e. The molecule has 1 aromatic rings. The van der Waals surface area contributed by atoms with Crippen molar-refractivity contribution >= 4 is 11.4 Å². The molecule has 0 spiro atoms. The van der Waals surface area contributed by atoms with E-state index >= 15 is 0 Å². The van der Waals surface area contributed by atoms with Crippen LogP contribution in [-0.2, 0) is 4.79 Å². The van der Waals surface area contributed by atoms with Crippen LogP contribution in [0, 0.1) is 0 Å². The van der Waals surface area contributed by atoms with Crippen LogP contribution in [0.5, 0.6) is 0 Å². The van der Waals surface area contributed by atoms with Gasteiger partial charge in [0.05, 0.1) is 6.20 Å². The van der Waals surface area contributed by atoms with Crippen molar-refractivity contribution in [2.24, 2.45) is 0 Å². The molecule has 1 aliphatic carbocycles. The molecule has 2 rings (SSSR count). The summed E-state index contributed by atoms with van der Waals surface area (Å²) < 4.78 is 0. The van der Waals surface area contributed by atoms with E-state index in [-0.39, 0.29) is 5.78 Å². The number of carbonyl (C=O) groups excluding carboxylic acids is 1. The predicted octanol–water partition coefficient (Wildman–Crippen LogP) is 0.717. The van der Waals surface area contributed by atoms with Crippen molar-refractivity contribution in [3.05, 3.63) is 30.1 Å². The van der Waals surface area contributed by atoms with E-state index in [1.807, 2.05) is 12.2 Å². The summed E-state index contributed by atoms with van der Waals surface area (Å²) in [4.78, 5) is 11.3. The van der Waals surface area contributed by atoms with Crippen molar-refractivity contribution in [2.45, 2.75) is 6.42 Å². The topological polar surface area (TPSA) is 58.6 Å². The minimum atomic E-state index is 0.0893. The average Bonchev–Trinajstić information content (AvgIpc) is 2.57. The average molecular weight is 161 g/mol. The van der Waals surface area contributed by atoms with E-state index < -0.39 is 0 Å². The number of rotatable bonds is 1. The first-order chi connectivity index (χ1) is 5.88. The van der Waals surface area contributed by atoms with E-state index in [2.05, 4.69) is 15.4 Å². The van der Waals surface area contributed by atoms with Crippen LogP contribution in [0.3, 0.4) is 0 Å². The first kappa shape index (κ1) is 6.97. The molecule has 0 aromatic carbocycles. The number of aromatic nitrogens is 3. The molecule has 60 valence electrons. The van der Waals surface area contributed by atoms with Gasteiger partial charge in [-0.1, -0.05) is 17.4 Å². The number of hydrogen-bond donors (Lipinski definition) is 1. The van der Waals surface area contributed by atoms with E-state index in [9.17, 15) is 4.79 Å². The molecule has 1 aromatic heterocycles. The summed E-state index contributed by atoms with van der Waals surface area (Å²) >= 11 is 0. The normalized spacial score (nSPS) is 16.3. The first-order valence-electron chi connectivity index (χ1n) is 3.65. The summed E-state index contributed by atoms with van der Waals surface area (Å²) in [6.45, 7) is 0. The molecular weight excluding hydrogens is 154 g/mol. The Bertz CT molecular complexity index is 348. The van der Waals surface area contributed by atoms with Crippen molar-refractivity contribution in [1.29, 1.82) is 0 Å². The highest BCUT2D eigenvalue weighted by Crippen LogP contribution is 2.16. The molecule has 0 amide bonds. The number of nitrogens with one attached hydrogen (secondary N) is 1.